The van der Waals surface area contributed by atoms with Gasteiger partial charge in [-0.25, -0.2) is 4.98 Å². The second-order valence-electron chi connectivity index (χ2n) is 7.19. The number of nitrogens with zero attached hydrogens (tertiary/aromatic N) is 3. The Morgan fingerprint density at radius 2 is 2.00 bits per heavy atom. The predicted octanol–water partition coefficient (Wildman–Crippen LogP) is 4.62. The molecule has 0 bridgehead atoms. The number of aryl methyl sites for hydroxylation is 1. The third-order valence-electron chi connectivity index (χ3n) is 5.16. The van der Waals surface area contributed by atoms with E-state index in [9.17, 15) is 4.79 Å². The molecule has 1 aliphatic rings. The number of hydrogen-bond donors (Lipinski definition) is 1. The average molecular weight is 411 g/mol. The molecule has 0 spiro atoms. The van der Waals surface area contributed by atoms with Crippen LogP contribution in [0.3, 0.4) is 0 Å². The molecule has 0 aliphatic carbocycles. The number of benzene rings is 1. The number of amides is 1. The van der Waals surface area contributed by atoms with Crippen molar-refractivity contribution in [2.24, 2.45) is 0 Å². The van der Waals surface area contributed by atoms with Crippen LogP contribution in [0.2, 0.25) is 5.02 Å². The van der Waals surface area contributed by atoms with Gasteiger partial charge in [0.05, 0.1) is 5.02 Å². The molecule has 3 heterocycles. The summed E-state index contributed by atoms with van der Waals surface area (Å²) in [5.74, 6) is 1.19. The Bertz CT molecular complexity index is 1010. The van der Waals surface area contributed by atoms with Gasteiger partial charge < -0.3 is 14.7 Å². The Morgan fingerprint density at radius 1 is 1.21 bits per heavy atom. The smallest absolute Gasteiger partial charge is 0.257 e. The van der Waals surface area contributed by atoms with Crippen molar-refractivity contribution < 1.29 is 9.32 Å². The standard InChI is InChI=1S/C22H23ClN4O2/c1-15-20(21(26-29-15)17-7-3-4-8-18(17)23)22(28)25-14-16-9-10-24-19(13-16)27-11-5-2-6-12-27/h3-4,7-10,13H,2,5-6,11-12,14H2,1H3,(H,25,28). The molecule has 1 aliphatic heterocycles. The number of anilines is 1. The van der Waals surface area contributed by atoms with Crippen molar-refractivity contribution in [3.05, 3.63) is 64.5 Å². The van der Waals surface area contributed by atoms with Gasteiger partial charge in [0.1, 0.15) is 22.8 Å². The van der Waals surface area contributed by atoms with Gasteiger partial charge in [-0.1, -0.05) is 35.0 Å². The van der Waals surface area contributed by atoms with Crippen molar-refractivity contribution in [1.29, 1.82) is 0 Å². The highest BCUT2D eigenvalue weighted by atomic mass is 35.5. The Kier molecular flexibility index (Phi) is 5.81. The summed E-state index contributed by atoms with van der Waals surface area (Å²) in [5.41, 5.74) is 2.53. The highest BCUT2D eigenvalue weighted by molar-refractivity contribution is 6.33. The van der Waals surface area contributed by atoms with E-state index in [1.807, 2.05) is 30.3 Å². The number of halogens is 1. The summed E-state index contributed by atoms with van der Waals surface area (Å²) in [6.07, 6.45) is 5.46. The van der Waals surface area contributed by atoms with Gasteiger partial charge in [0.15, 0.2) is 0 Å². The van der Waals surface area contributed by atoms with Gasteiger partial charge in [0, 0.05) is 31.4 Å². The number of carbonyl (C=O) groups excluding carboxylic acids is 1. The van der Waals surface area contributed by atoms with E-state index in [2.05, 4.69) is 20.4 Å². The van der Waals surface area contributed by atoms with Crippen molar-refractivity contribution in [3.8, 4) is 11.3 Å². The van der Waals surface area contributed by atoms with Crippen molar-refractivity contribution in [3.63, 3.8) is 0 Å². The first-order valence-electron chi connectivity index (χ1n) is 9.83. The Balaban J connectivity index is 1.50. The van der Waals surface area contributed by atoms with Crippen LogP contribution in [0.4, 0.5) is 5.82 Å². The molecule has 29 heavy (non-hydrogen) atoms. The van der Waals surface area contributed by atoms with Gasteiger partial charge >= 0.3 is 0 Å². The van der Waals surface area contributed by atoms with Crippen LogP contribution in [-0.4, -0.2) is 29.1 Å². The van der Waals surface area contributed by atoms with Gasteiger partial charge in [-0.15, -0.1) is 0 Å². The molecule has 0 unspecified atom stereocenters. The van der Waals surface area contributed by atoms with Crippen LogP contribution in [0.25, 0.3) is 11.3 Å². The van der Waals surface area contributed by atoms with E-state index in [1.165, 1.54) is 19.3 Å². The van der Waals surface area contributed by atoms with Gasteiger partial charge in [-0.3, -0.25) is 4.79 Å². The molecular weight excluding hydrogens is 388 g/mol. The Morgan fingerprint density at radius 3 is 2.79 bits per heavy atom. The third-order valence-corrected chi connectivity index (χ3v) is 5.49. The molecule has 2 aromatic heterocycles. The molecule has 0 radical (unpaired) electrons. The van der Waals surface area contributed by atoms with Crippen molar-refractivity contribution in [2.75, 3.05) is 18.0 Å². The highest BCUT2D eigenvalue weighted by Gasteiger charge is 2.23. The molecule has 0 saturated carbocycles. The molecule has 150 valence electrons. The molecule has 1 N–H and O–H groups in total. The molecule has 7 heteroatoms. The van der Waals surface area contributed by atoms with E-state index in [4.69, 9.17) is 16.1 Å². The minimum atomic E-state index is -0.241. The normalized spacial score (nSPS) is 14.1. The third kappa shape index (κ3) is 4.27. The van der Waals surface area contributed by atoms with E-state index >= 15 is 0 Å². The molecule has 1 aromatic carbocycles. The van der Waals surface area contributed by atoms with Gasteiger partial charge in [0.25, 0.3) is 5.91 Å². The summed E-state index contributed by atoms with van der Waals surface area (Å²) in [7, 11) is 0. The first-order chi connectivity index (χ1) is 14.1. The van der Waals surface area contributed by atoms with Crippen LogP contribution in [0.1, 0.15) is 40.9 Å². The predicted molar refractivity (Wildman–Crippen MR) is 113 cm³/mol. The molecule has 0 atom stereocenters. The van der Waals surface area contributed by atoms with Crippen molar-refractivity contribution >= 4 is 23.3 Å². The second-order valence-corrected chi connectivity index (χ2v) is 7.60. The molecule has 3 aromatic rings. The maximum atomic E-state index is 12.9. The lowest BCUT2D eigenvalue weighted by Crippen LogP contribution is -2.30. The minimum absolute atomic E-state index is 0.241. The summed E-state index contributed by atoms with van der Waals surface area (Å²) in [6.45, 7) is 4.19. The topological polar surface area (TPSA) is 71.3 Å². The molecule has 6 nitrogen and oxygen atoms in total. The summed E-state index contributed by atoms with van der Waals surface area (Å²) in [6, 6.07) is 11.2. The molecule has 1 fully saturated rings. The monoisotopic (exact) mass is 410 g/mol. The second kappa shape index (κ2) is 8.66. The van der Waals surface area contributed by atoms with Gasteiger partial charge in [-0.2, -0.15) is 0 Å². The molecule has 4 rings (SSSR count). The van der Waals surface area contributed by atoms with Crippen LogP contribution < -0.4 is 10.2 Å². The fourth-order valence-electron chi connectivity index (χ4n) is 3.61. The minimum Gasteiger partial charge on any atom is -0.360 e. The van der Waals surface area contributed by atoms with Gasteiger partial charge in [0.2, 0.25) is 0 Å². The van der Waals surface area contributed by atoms with Crippen LogP contribution in [0, 0.1) is 6.92 Å². The van der Waals surface area contributed by atoms with Crippen LogP contribution in [-0.2, 0) is 6.54 Å². The maximum Gasteiger partial charge on any atom is 0.257 e. The SMILES string of the molecule is Cc1onc(-c2ccccc2Cl)c1C(=O)NCc1ccnc(N2CCCCC2)c1. The number of pyridine rings is 1. The van der Waals surface area contributed by atoms with E-state index in [0.29, 0.717) is 34.1 Å². The zero-order valence-corrected chi connectivity index (χ0v) is 17.1. The Hall–Kier alpha value is -2.86. The highest BCUT2D eigenvalue weighted by Crippen LogP contribution is 2.31. The summed E-state index contributed by atoms with van der Waals surface area (Å²) in [4.78, 5) is 19.7. The van der Waals surface area contributed by atoms with Crippen LogP contribution in [0.5, 0.6) is 0 Å². The van der Waals surface area contributed by atoms with E-state index in [0.717, 1.165) is 24.5 Å². The first-order valence-corrected chi connectivity index (χ1v) is 10.2. The van der Waals surface area contributed by atoms with E-state index < -0.39 is 0 Å². The number of nitrogens with one attached hydrogen (secondary N) is 1. The van der Waals surface area contributed by atoms with Crippen molar-refractivity contribution in [1.82, 2.24) is 15.5 Å². The Labute approximate surface area is 174 Å². The number of carbonyl (C=O) groups is 1. The summed E-state index contributed by atoms with van der Waals surface area (Å²) >= 11 is 6.28. The zero-order chi connectivity index (χ0) is 20.2. The molecule has 1 saturated heterocycles. The lowest BCUT2D eigenvalue weighted by Gasteiger charge is -2.27. The van der Waals surface area contributed by atoms with E-state index in [-0.39, 0.29) is 5.91 Å². The lowest BCUT2D eigenvalue weighted by molar-refractivity contribution is 0.0950. The number of hydrogen-bond acceptors (Lipinski definition) is 5. The van der Waals surface area contributed by atoms with Crippen LogP contribution >= 0.6 is 11.6 Å². The zero-order valence-electron chi connectivity index (χ0n) is 16.3. The number of aromatic nitrogens is 2. The van der Waals surface area contributed by atoms with Crippen LogP contribution in [0.15, 0.2) is 47.1 Å². The lowest BCUT2D eigenvalue weighted by atomic mass is 10.1. The fourth-order valence-corrected chi connectivity index (χ4v) is 3.84. The largest absolute Gasteiger partial charge is 0.360 e. The summed E-state index contributed by atoms with van der Waals surface area (Å²) in [5, 5.41) is 7.56. The number of piperidine rings is 1. The molecular formula is C22H23ClN4O2. The maximum absolute atomic E-state index is 12.9. The number of rotatable bonds is 5. The summed E-state index contributed by atoms with van der Waals surface area (Å²) < 4.78 is 5.29. The quantitative estimate of drug-likeness (QED) is 0.664. The fraction of sp³-hybridized carbons (Fsp3) is 0.318. The van der Waals surface area contributed by atoms with Crippen molar-refractivity contribution in [2.45, 2.75) is 32.7 Å². The van der Waals surface area contributed by atoms with Gasteiger partial charge in [-0.05, 0) is 49.9 Å². The average Bonchev–Trinajstić information content (AvgIpc) is 3.14. The van der Waals surface area contributed by atoms with E-state index in [1.54, 1.807) is 19.2 Å². The first kappa shape index (κ1) is 19.5. The molecule has 1 amide bonds.